The maximum absolute atomic E-state index is 3.64. The molecule has 2 N–H and O–H groups in total. The second-order valence-corrected chi connectivity index (χ2v) is 9.34. The minimum absolute atomic E-state index is 0.720. The van der Waals surface area contributed by atoms with Gasteiger partial charge in [-0.25, -0.2) is 0 Å². The Morgan fingerprint density at radius 3 is 1.67 bits per heavy atom. The van der Waals surface area contributed by atoms with Crippen LogP contribution in [-0.2, 0) is 12.8 Å². The van der Waals surface area contributed by atoms with Crippen LogP contribution in [0.2, 0.25) is 0 Å². The topological polar surface area (TPSA) is 24.1 Å². The van der Waals surface area contributed by atoms with Gasteiger partial charge in [-0.05, 0) is 47.9 Å². The average Bonchev–Trinajstić information content (AvgIpc) is 2.59. The highest BCUT2D eigenvalue weighted by atomic mass is 33.1. The molecule has 2 aliphatic heterocycles. The van der Waals surface area contributed by atoms with Crippen LogP contribution in [0.3, 0.4) is 0 Å². The van der Waals surface area contributed by atoms with E-state index >= 15 is 0 Å². The number of rotatable bonds is 3. The van der Waals surface area contributed by atoms with Crippen LogP contribution < -0.4 is 10.6 Å². The van der Waals surface area contributed by atoms with Crippen molar-refractivity contribution in [1.29, 1.82) is 0 Å². The smallest absolute Gasteiger partial charge is 0.0519 e. The molecule has 24 heavy (non-hydrogen) atoms. The van der Waals surface area contributed by atoms with Crippen molar-refractivity contribution in [3.8, 4) is 0 Å². The van der Waals surface area contributed by atoms with E-state index in [2.05, 4.69) is 60.9 Å². The summed E-state index contributed by atoms with van der Waals surface area (Å²) in [6.45, 7) is 6.78. The third-order valence-electron chi connectivity index (χ3n) is 4.84. The Labute approximate surface area is 152 Å². The molecule has 2 heterocycles. The predicted octanol–water partition coefficient (Wildman–Crippen LogP) is 5.69. The van der Waals surface area contributed by atoms with Crippen LogP contribution in [0.15, 0.2) is 46.2 Å². The monoisotopic (exact) mass is 356 g/mol. The highest BCUT2D eigenvalue weighted by Gasteiger charge is 2.20. The van der Waals surface area contributed by atoms with Gasteiger partial charge in [-0.2, -0.15) is 0 Å². The fraction of sp³-hybridized carbons (Fsp3) is 0.400. The van der Waals surface area contributed by atoms with Crippen LogP contribution in [0.1, 0.15) is 25.0 Å². The van der Waals surface area contributed by atoms with E-state index < -0.39 is 0 Å². The lowest BCUT2D eigenvalue weighted by Crippen LogP contribution is -2.21. The van der Waals surface area contributed by atoms with Crippen LogP contribution >= 0.6 is 21.6 Å². The molecule has 0 amide bonds. The molecule has 2 aromatic carbocycles. The van der Waals surface area contributed by atoms with Gasteiger partial charge in [-0.15, -0.1) is 0 Å². The summed E-state index contributed by atoms with van der Waals surface area (Å²) >= 11 is 0. The van der Waals surface area contributed by atoms with E-state index in [4.69, 9.17) is 0 Å². The van der Waals surface area contributed by atoms with E-state index in [1.54, 1.807) is 0 Å². The minimum Gasteiger partial charge on any atom is -0.384 e. The van der Waals surface area contributed by atoms with Gasteiger partial charge < -0.3 is 10.6 Å². The third kappa shape index (κ3) is 3.27. The highest BCUT2D eigenvalue weighted by Crippen LogP contribution is 2.46. The molecular weight excluding hydrogens is 332 g/mol. The Bertz CT molecular complexity index is 681. The van der Waals surface area contributed by atoms with Crippen molar-refractivity contribution >= 4 is 33.0 Å². The molecule has 2 atom stereocenters. The van der Waals surface area contributed by atoms with Crippen LogP contribution in [0.25, 0.3) is 0 Å². The Morgan fingerprint density at radius 2 is 1.21 bits per heavy atom. The molecule has 0 aliphatic carbocycles. The molecule has 2 aliphatic rings. The lowest BCUT2D eigenvalue weighted by molar-refractivity contribution is 0.592. The lowest BCUT2D eigenvalue weighted by Gasteiger charge is -2.26. The normalized spacial score (nSPS) is 22.1. The van der Waals surface area contributed by atoms with Gasteiger partial charge in [0, 0.05) is 22.9 Å². The van der Waals surface area contributed by atoms with Gasteiger partial charge in [-0.3, -0.25) is 0 Å². The first kappa shape index (κ1) is 16.2. The highest BCUT2D eigenvalue weighted by molar-refractivity contribution is 8.76. The zero-order valence-corrected chi connectivity index (χ0v) is 15.9. The Balaban J connectivity index is 1.54. The SMILES string of the molecule is CC1CNc2c(cccc2SSc2cccc3c2NC[C@@H](C)C3)C1. The van der Waals surface area contributed by atoms with Crippen LogP contribution in [0.5, 0.6) is 0 Å². The van der Waals surface area contributed by atoms with Crippen LogP contribution in [0, 0.1) is 11.8 Å². The molecule has 0 bridgehead atoms. The molecule has 2 nitrogen and oxygen atoms in total. The largest absolute Gasteiger partial charge is 0.384 e. The van der Waals surface area contributed by atoms with Gasteiger partial charge in [0.25, 0.3) is 0 Å². The molecule has 0 saturated heterocycles. The number of hydrogen-bond acceptors (Lipinski definition) is 4. The summed E-state index contributed by atoms with van der Waals surface area (Å²) in [5.74, 6) is 1.44. The zero-order valence-electron chi connectivity index (χ0n) is 14.3. The van der Waals surface area contributed by atoms with Crippen molar-refractivity contribution in [3.63, 3.8) is 0 Å². The third-order valence-corrected chi connectivity index (χ3v) is 7.29. The zero-order chi connectivity index (χ0) is 16.5. The van der Waals surface area contributed by atoms with Crippen molar-refractivity contribution < 1.29 is 0 Å². The van der Waals surface area contributed by atoms with Crippen molar-refractivity contribution in [2.75, 3.05) is 23.7 Å². The van der Waals surface area contributed by atoms with E-state index in [0.29, 0.717) is 0 Å². The molecular formula is C20H24N2S2. The van der Waals surface area contributed by atoms with Crippen molar-refractivity contribution in [2.24, 2.45) is 11.8 Å². The number of para-hydroxylation sites is 2. The first-order valence-corrected chi connectivity index (χ1v) is 10.9. The second kappa shape index (κ2) is 6.93. The quantitative estimate of drug-likeness (QED) is 0.690. The van der Waals surface area contributed by atoms with E-state index in [1.165, 1.54) is 45.1 Å². The first-order valence-electron chi connectivity index (χ1n) is 8.76. The standard InChI is InChI=1S/C20H24N2S2/c1-13-9-15-5-3-7-17(19(15)21-11-13)23-24-18-8-4-6-16-10-14(2)12-22-20(16)18/h3-8,13-14,21-22H,9-12H2,1-2H3/t13-,14?/m0/s1. The van der Waals surface area contributed by atoms with Crippen molar-refractivity contribution in [2.45, 2.75) is 36.5 Å². The van der Waals surface area contributed by atoms with E-state index in [0.717, 1.165) is 24.9 Å². The molecule has 4 rings (SSSR count). The Morgan fingerprint density at radius 1 is 0.750 bits per heavy atom. The molecule has 0 aromatic heterocycles. The summed E-state index contributed by atoms with van der Waals surface area (Å²) in [5, 5.41) is 7.27. The minimum atomic E-state index is 0.720. The van der Waals surface area contributed by atoms with Crippen molar-refractivity contribution in [1.82, 2.24) is 0 Å². The Kier molecular flexibility index (Phi) is 4.68. The molecule has 2 aromatic rings. The summed E-state index contributed by atoms with van der Waals surface area (Å²) in [5.41, 5.74) is 5.61. The van der Waals surface area contributed by atoms with Crippen molar-refractivity contribution in [3.05, 3.63) is 47.5 Å². The molecule has 0 saturated carbocycles. The Hall–Kier alpha value is -1.26. The summed E-state index contributed by atoms with van der Waals surface area (Å²) in [6, 6.07) is 13.4. The van der Waals surface area contributed by atoms with Gasteiger partial charge >= 0.3 is 0 Å². The maximum Gasteiger partial charge on any atom is 0.0519 e. The van der Waals surface area contributed by atoms with E-state index in [9.17, 15) is 0 Å². The van der Waals surface area contributed by atoms with E-state index in [-0.39, 0.29) is 0 Å². The van der Waals surface area contributed by atoms with E-state index in [1.807, 2.05) is 21.6 Å². The second-order valence-electron chi connectivity index (χ2n) is 7.13. The number of benzene rings is 2. The molecule has 126 valence electrons. The molecule has 4 heteroatoms. The molecule has 0 radical (unpaired) electrons. The summed E-state index contributed by atoms with van der Waals surface area (Å²) in [7, 11) is 3.75. The van der Waals surface area contributed by atoms with Crippen LogP contribution in [0.4, 0.5) is 11.4 Å². The summed E-state index contributed by atoms with van der Waals surface area (Å²) in [6.07, 6.45) is 2.36. The average molecular weight is 357 g/mol. The fourth-order valence-corrected chi connectivity index (χ4v) is 5.96. The maximum atomic E-state index is 3.64. The lowest BCUT2D eigenvalue weighted by atomic mass is 9.96. The summed E-state index contributed by atoms with van der Waals surface area (Å²) < 4.78 is 0. The number of anilines is 2. The number of nitrogens with one attached hydrogen (secondary N) is 2. The molecule has 1 unspecified atom stereocenters. The van der Waals surface area contributed by atoms with Gasteiger partial charge in [0.1, 0.15) is 0 Å². The molecule has 0 fully saturated rings. The van der Waals surface area contributed by atoms with Gasteiger partial charge in [0.05, 0.1) is 11.4 Å². The van der Waals surface area contributed by atoms with Crippen LogP contribution in [-0.4, -0.2) is 13.1 Å². The van der Waals surface area contributed by atoms with Gasteiger partial charge in [0.15, 0.2) is 0 Å². The van der Waals surface area contributed by atoms with Gasteiger partial charge in [-0.1, -0.05) is 59.7 Å². The fourth-order valence-electron chi connectivity index (χ4n) is 3.57. The van der Waals surface area contributed by atoms with Gasteiger partial charge in [0.2, 0.25) is 0 Å². The number of hydrogen-bond donors (Lipinski definition) is 2. The first-order chi connectivity index (χ1) is 11.7. The predicted molar refractivity (Wildman–Crippen MR) is 107 cm³/mol. The molecule has 0 spiro atoms. The summed E-state index contributed by atoms with van der Waals surface area (Å²) in [4.78, 5) is 2.71. The number of fused-ring (bicyclic) bond motifs is 2.